The second-order valence-corrected chi connectivity index (χ2v) is 3.89. The molecule has 0 aromatic rings. The first-order chi connectivity index (χ1) is 8.45. The van der Waals surface area contributed by atoms with Crippen molar-refractivity contribution in [2.75, 3.05) is 13.2 Å². The molecule has 3 atom stereocenters. The van der Waals surface area contributed by atoms with Crippen LogP contribution in [0.25, 0.3) is 0 Å². The quantitative estimate of drug-likeness (QED) is 0.485. The zero-order valence-electron chi connectivity index (χ0n) is 13.4. The first-order valence-electron chi connectivity index (χ1n) is 6.58. The Bertz CT molecular complexity index is 191. The Kier molecular flexibility index (Phi) is 25.0. The van der Waals surface area contributed by atoms with E-state index in [1.165, 1.54) is 6.92 Å². The Balaban J connectivity index is -0.000000134. The summed E-state index contributed by atoms with van der Waals surface area (Å²) in [5.41, 5.74) is 0. The minimum absolute atomic E-state index is 0. The highest BCUT2D eigenvalue weighted by molar-refractivity contribution is 5.60. The second-order valence-electron chi connectivity index (χ2n) is 3.89. The van der Waals surface area contributed by atoms with Gasteiger partial charge in [-0.1, -0.05) is 28.2 Å². The predicted octanol–water partition coefficient (Wildman–Crippen LogP) is 3.84. The zero-order chi connectivity index (χ0) is 14.6. The molecule has 0 saturated carbocycles. The largest absolute Gasteiger partial charge is 0.508 e. The fraction of sp³-hybridized carbons (Fsp3) is 0.867. The summed E-state index contributed by atoms with van der Waals surface area (Å²) in [6.07, 6.45) is -0.157. The van der Waals surface area contributed by atoms with Crippen LogP contribution in [-0.2, 0) is 14.2 Å². The van der Waals surface area contributed by atoms with E-state index >= 15 is 0 Å². The van der Waals surface area contributed by atoms with E-state index in [1.54, 1.807) is 6.92 Å². The van der Waals surface area contributed by atoms with Gasteiger partial charge in [-0.2, -0.15) is 0 Å². The van der Waals surface area contributed by atoms with E-state index in [-0.39, 0.29) is 27.6 Å². The van der Waals surface area contributed by atoms with Crippen LogP contribution in [0.4, 0.5) is 4.79 Å². The van der Waals surface area contributed by atoms with E-state index in [0.29, 0.717) is 6.10 Å². The lowest BCUT2D eigenvalue weighted by atomic mass is 10.3. The third kappa shape index (κ3) is 25.9. The van der Waals surface area contributed by atoms with Crippen molar-refractivity contribution in [1.82, 2.24) is 0 Å². The first kappa shape index (κ1) is 27.5. The molecule has 126 valence electrons. The Morgan fingerprint density at radius 2 is 1.80 bits per heavy atom. The molecule has 0 amide bonds. The number of hydrogen-bond donors (Lipinski definition) is 1. The molecule has 1 saturated heterocycles. The topological polar surface area (TPSA) is 68.3 Å². The van der Waals surface area contributed by atoms with E-state index in [4.69, 9.17) is 14.6 Å². The van der Waals surface area contributed by atoms with Gasteiger partial charge < -0.3 is 26.7 Å². The van der Waals surface area contributed by atoms with Crippen molar-refractivity contribution in [2.24, 2.45) is 0 Å². The number of epoxide rings is 1. The van der Waals surface area contributed by atoms with Gasteiger partial charge in [0, 0.05) is 0 Å². The van der Waals surface area contributed by atoms with E-state index in [2.05, 4.69) is 11.7 Å². The van der Waals surface area contributed by atoms with Gasteiger partial charge in [-0.25, -0.2) is 4.79 Å². The summed E-state index contributed by atoms with van der Waals surface area (Å²) in [6, 6.07) is 0. The molecule has 1 fully saturated rings. The number of rotatable bonds is 4. The standard InChI is InChI=1S/C8H16O4.C3H6O.C2H6.CH4.CH3/c1-4-7(3)12-8(10)11-5-6(2)9;1-3-2-4-3;1-2;;/h6-7,9H,4-5H2,1-3H3;3H,2H2,1H3;1-2H3;1H4;1H3/q;;;;-1. The second kappa shape index (κ2) is 18.2. The van der Waals surface area contributed by atoms with E-state index in [1.807, 2.05) is 20.8 Å². The summed E-state index contributed by atoms with van der Waals surface area (Å²) < 4.78 is 14.1. The van der Waals surface area contributed by atoms with Crippen LogP contribution in [0.3, 0.4) is 0 Å². The fourth-order valence-corrected chi connectivity index (χ4v) is 0.566. The van der Waals surface area contributed by atoms with Crippen LogP contribution in [0, 0.1) is 7.43 Å². The molecule has 0 spiro atoms. The Labute approximate surface area is 125 Å². The highest BCUT2D eigenvalue weighted by Gasteiger charge is 2.13. The predicted molar refractivity (Wildman–Crippen MR) is 83.8 cm³/mol. The average molecular weight is 295 g/mol. The summed E-state index contributed by atoms with van der Waals surface area (Å²) in [4.78, 5) is 10.8. The zero-order valence-corrected chi connectivity index (χ0v) is 13.4. The van der Waals surface area contributed by atoms with Gasteiger partial charge in [-0.05, 0) is 27.2 Å². The van der Waals surface area contributed by atoms with Crippen LogP contribution in [0.2, 0.25) is 0 Å². The lowest BCUT2D eigenvalue weighted by molar-refractivity contribution is 0.00500. The van der Waals surface area contributed by atoms with Gasteiger partial charge in [0.1, 0.15) is 12.7 Å². The number of carbonyl (C=O) groups is 1. The van der Waals surface area contributed by atoms with Crippen molar-refractivity contribution in [3.05, 3.63) is 7.43 Å². The maximum absolute atomic E-state index is 10.8. The highest BCUT2D eigenvalue weighted by Crippen LogP contribution is 2.04. The van der Waals surface area contributed by atoms with Gasteiger partial charge in [-0.3, -0.25) is 0 Å². The number of aliphatic hydroxyl groups is 1. The van der Waals surface area contributed by atoms with Crippen LogP contribution in [0.15, 0.2) is 0 Å². The lowest BCUT2D eigenvalue weighted by Crippen LogP contribution is -2.19. The molecule has 1 aliphatic heterocycles. The third-order valence-electron chi connectivity index (χ3n) is 1.81. The maximum atomic E-state index is 10.8. The molecule has 1 aliphatic rings. The Morgan fingerprint density at radius 3 is 2.05 bits per heavy atom. The average Bonchev–Trinajstić information content (AvgIpc) is 3.12. The van der Waals surface area contributed by atoms with Crippen LogP contribution in [0.5, 0.6) is 0 Å². The normalized spacial score (nSPS) is 17.2. The van der Waals surface area contributed by atoms with E-state index < -0.39 is 12.3 Å². The first-order valence-corrected chi connectivity index (χ1v) is 6.58. The molecule has 0 bridgehead atoms. The van der Waals surface area contributed by atoms with Crippen molar-refractivity contribution in [3.8, 4) is 0 Å². The molecule has 0 aromatic carbocycles. The molecule has 1 heterocycles. The molecule has 0 aromatic heterocycles. The summed E-state index contributed by atoms with van der Waals surface area (Å²) in [5.74, 6) is 0. The van der Waals surface area contributed by atoms with E-state index in [0.717, 1.165) is 13.0 Å². The number of hydrogen-bond acceptors (Lipinski definition) is 5. The highest BCUT2D eigenvalue weighted by atomic mass is 16.7. The summed E-state index contributed by atoms with van der Waals surface area (Å²) in [7, 11) is 0. The molecule has 5 heteroatoms. The maximum Gasteiger partial charge on any atom is 0.508 e. The van der Waals surface area contributed by atoms with Crippen molar-refractivity contribution < 1.29 is 24.1 Å². The molecule has 1 N–H and O–H groups in total. The van der Waals surface area contributed by atoms with Crippen molar-refractivity contribution in [1.29, 1.82) is 0 Å². The molecule has 20 heavy (non-hydrogen) atoms. The fourth-order valence-electron chi connectivity index (χ4n) is 0.566. The van der Waals surface area contributed by atoms with Crippen molar-refractivity contribution >= 4 is 6.16 Å². The van der Waals surface area contributed by atoms with Gasteiger partial charge in [-0.15, -0.1) is 0 Å². The molecule has 1 rings (SSSR count). The van der Waals surface area contributed by atoms with Crippen LogP contribution < -0.4 is 0 Å². The molecule has 3 unspecified atom stereocenters. The molecular formula is C15H35O5-. The van der Waals surface area contributed by atoms with E-state index in [9.17, 15) is 4.79 Å². The smallest absolute Gasteiger partial charge is 0.432 e. The summed E-state index contributed by atoms with van der Waals surface area (Å²) >= 11 is 0. The number of aliphatic hydroxyl groups excluding tert-OH is 1. The number of ether oxygens (including phenoxy) is 3. The molecule has 0 aliphatic carbocycles. The van der Waals surface area contributed by atoms with Crippen LogP contribution in [-0.4, -0.2) is 42.8 Å². The third-order valence-corrected chi connectivity index (χ3v) is 1.81. The minimum atomic E-state index is -0.717. The Morgan fingerprint density at radius 1 is 1.40 bits per heavy atom. The molecular weight excluding hydrogens is 260 g/mol. The van der Waals surface area contributed by atoms with Gasteiger partial charge in [0.2, 0.25) is 0 Å². The van der Waals surface area contributed by atoms with Crippen LogP contribution >= 0.6 is 0 Å². The summed E-state index contributed by atoms with van der Waals surface area (Å²) in [6.45, 7) is 12.3. The van der Waals surface area contributed by atoms with Gasteiger partial charge in [0.15, 0.2) is 0 Å². The van der Waals surface area contributed by atoms with Gasteiger partial charge in [0.25, 0.3) is 0 Å². The molecule has 5 nitrogen and oxygen atoms in total. The van der Waals surface area contributed by atoms with Crippen LogP contribution in [0.1, 0.15) is 55.4 Å². The monoisotopic (exact) mass is 295 g/mol. The summed E-state index contributed by atoms with van der Waals surface area (Å²) in [5, 5.41) is 8.76. The molecule has 0 radical (unpaired) electrons. The van der Waals surface area contributed by atoms with Crippen molar-refractivity contribution in [2.45, 2.75) is 73.7 Å². The SMILES string of the molecule is C.CC.CC1CO1.CCC(C)OC(=O)OCC(C)O.[CH3-]. The number of carbonyl (C=O) groups excluding carboxylic acids is 1. The lowest BCUT2D eigenvalue weighted by Gasteiger charge is -2.11. The van der Waals surface area contributed by atoms with Gasteiger partial charge >= 0.3 is 6.16 Å². The van der Waals surface area contributed by atoms with Gasteiger partial charge in [0.05, 0.1) is 18.8 Å². The minimum Gasteiger partial charge on any atom is -0.432 e. The van der Waals surface area contributed by atoms with Crippen molar-refractivity contribution in [3.63, 3.8) is 0 Å². The Hall–Kier alpha value is -0.810.